The number of amides is 1. The molecule has 0 heterocycles. The molecule has 5 nitrogen and oxygen atoms in total. The summed E-state index contributed by atoms with van der Waals surface area (Å²) in [6.45, 7) is 5.25. The Bertz CT molecular complexity index is 748. The molecule has 0 aliphatic rings. The molecular formula is C19H22BrNO4. The Morgan fingerprint density at radius 3 is 2.52 bits per heavy atom. The van der Waals surface area contributed by atoms with Crippen LogP contribution in [0.5, 0.6) is 17.2 Å². The molecule has 0 aromatic heterocycles. The van der Waals surface area contributed by atoms with Crippen molar-refractivity contribution in [1.29, 1.82) is 0 Å². The van der Waals surface area contributed by atoms with Crippen molar-refractivity contribution < 1.29 is 19.4 Å². The van der Waals surface area contributed by atoms with Gasteiger partial charge in [-0.05, 0) is 65.7 Å². The second-order valence-electron chi connectivity index (χ2n) is 5.40. The molecule has 2 aromatic rings. The summed E-state index contributed by atoms with van der Waals surface area (Å²) >= 11 is 3.41. The van der Waals surface area contributed by atoms with E-state index in [1.54, 1.807) is 48.4 Å². The number of phenols is 1. The molecule has 6 heteroatoms. The van der Waals surface area contributed by atoms with Gasteiger partial charge in [0.2, 0.25) is 0 Å². The minimum absolute atomic E-state index is 0.0723. The van der Waals surface area contributed by atoms with E-state index in [0.29, 0.717) is 36.8 Å². The fourth-order valence-electron chi connectivity index (χ4n) is 2.46. The van der Waals surface area contributed by atoms with Crippen LogP contribution in [0.25, 0.3) is 0 Å². The molecular weight excluding hydrogens is 386 g/mol. The maximum absolute atomic E-state index is 12.8. The third kappa shape index (κ3) is 4.66. The summed E-state index contributed by atoms with van der Waals surface area (Å²) in [5.41, 5.74) is 1.47. The van der Waals surface area contributed by atoms with E-state index < -0.39 is 0 Å². The smallest absolute Gasteiger partial charge is 0.254 e. The zero-order valence-corrected chi connectivity index (χ0v) is 16.2. The van der Waals surface area contributed by atoms with Gasteiger partial charge in [-0.3, -0.25) is 4.79 Å². The van der Waals surface area contributed by atoms with Crippen LogP contribution in [0.4, 0.5) is 0 Å². The van der Waals surface area contributed by atoms with Crippen molar-refractivity contribution in [2.75, 3.05) is 20.3 Å². The summed E-state index contributed by atoms with van der Waals surface area (Å²) in [5.74, 6) is 1.13. The number of benzene rings is 2. The number of phenolic OH excluding ortho intramolecular Hbond substituents is 1. The molecule has 2 aromatic carbocycles. The van der Waals surface area contributed by atoms with Gasteiger partial charge in [0.25, 0.3) is 5.91 Å². The number of ether oxygens (including phenoxy) is 2. The number of carbonyl (C=O) groups excluding carboxylic acids is 1. The number of methoxy groups -OCH3 is 1. The van der Waals surface area contributed by atoms with Gasteiger partial charge in [0.05, 0.1) is 18.2 Å². The average molecular weight is 408 g/mol. The van der Waals surface area contributed by atoms with E-state index in [9.17, 15) is 9.90 Å². The van der Waals surface area contributed by atoms with Crippen LogP contribution in [-0.2, 0) is 6.54 Å². The minimum atomic E-state index is -0.0723. The van der Waals surface area contributed by atoms with Crippen LogP contribution in [0, 0.1) is 0 Å². The zero-order valence-electron chi connectivity index (χ0n) is 14.6. The summed E-state index contributed by atoms with van der Waals surface area (Å²) in [4.78, 5) is 14.5. The van der Waals surface area contributed by atoms with Crippen LogP contribution in [-0.4, -0.2) is 36.2 Å². The molecule has 1 amide bonds. The van der Waals surface area contributed by atoms with Crippen molar-refractivity contribution in [2.45, 2.75) is 20.4 Å². The quantitative estimate of drug-likeness (QED) is 0.745. The minimum Gasteiger partial charge on any atom is -0.504 e. The lowest BCUT2D eigenvalue weighted by atomic mass is 10.1. The number of rotatable bonds is 7. The molecule has 0 spiro atoms. The van der Waals surface area contributed by atoms with E-state index in [4.69, 9.17) is 9.47 Å². The highest BCUT2D eigenvalue weighted by Crippen LogP contribution is 2.28. The first-order chi connectivity index (χ1) is 12.0. The topological polar surface area (TPSA) is 59.0 Å². The highest BCUT2D eigenvalue weighted by Gasteiger charge is 2.17. The Morgan fingerprint density at radius 1 is 1.16 bits per heavy atom. The van der Waals surface area contributed by atoms with Gasteiger partial charge in [-0.1, -0.05) is 6.07 Å². The van der Waals surface area contributed by atoms with Crippen molar-refractivity contribution in [3.8, 4) is 17.2 Å². The van der Waals surface area contributed by atoms with Crippen LogP contribution in [0.3, 0.4) is 0 Å². The summed E-state index contributed by atoms with van der Waals surface area (Å²) in [6.07, 6.45) is 0. The molecule has 0 aliphatic carbocycles. The van der Waals surface area contributed by atoms with E-state index in [-0.39, 0.29) is 11.7 Å². The number of halogens is 1. The van der Waals surface area contributed by atoms with Crippen molar-refractivity contribution in [2.24, 2.45) is 0 Å². The number of hydrogen-bond acceptors (Lipinski definition) is 4. The third-order valence-corrected chi connectivity index (χ3v) is 4.38. The van der Waals surface area contributed by atoms with Crippen molar-refractivity contribution >= 4 is 21.8 Å². The van der Waals surface area contributed by atoms with Crippen LogP contribution < -0.4 is 9.47 Å². The number of nitrogens with zero attached hydrogens (tertiary/aromatic N) is 1. The monoisotopic (exact) mass is 407 g/mol. The maximum Gasteiger partial charge on any atom is 0.254 e. The molecule has 2 rings (SSSR count). The number of carbonyl (C=O) groups is 1. The van der Waals surface area contributed by atoms with Crippen LogP contribution in [0.15, 0.2) is 40.9 Å². The summed E-state index contributed by atoms with van der Waals surface area (Å²) in [5, 5.41) is 9.80. The molecule has 1 N–H and O–H groups in total. The van der Waals surface area contributed by atoms with Gasteiger partial charge in [0.1, 0.15) is 5.75 Å². The van der Waals surface area contributed by atoms with Crippen molar-refractivity contribution in [1.82, 2.24) is 4.90 Å². The zero-order chi connectivity index (χ0) is 18.4. The van der Waals surface area contributed by atoms with Crippen molar-refractivity contribution in [3.05, 3.63) is 52.0 Å². The van der Waals surface area contributed by atoms with Gasteiger partial charge in [-0.2, -0.15) is 0 Å². The molecule has 0 bridgehead atoms. The van der Waals surface area contributed by atoms with Gasteiger partial charge in [-0.15, -0.1) is 0 Å². The second kappa shape index (κ2) is 8.76. The number of aromatic hydroxyl groups is 1. The number of hydrogen-bond donors (Lipinski definition) is 1. The van der Waals surface area contributed by atoms with Gasteiger partial charge < -0.3 is 19.5 Å². The molecule has 25 heavy (non-hydrogen) atoms. The van der Waals surface area contributed by atoms with E-state index in [2.05, 4.69) is 15.9 Å². The molecule has 0 aliphatic heterocycles. The van der Waals surface area contributed by atoms with Crippen LogP contribution in [0.2, 0.25) is 0 Å². The molecule has 0 radical (unpaired) electrons. The SMILES string of the molecule is CCOc1cc(CN(CC)C(=O)c2ccc(OC)c(Br)c2)ccc1O. The Balaban J connectivity index is 2.20. The predicted octanol–water partition coefficient (Wildman–Crippen LogP) is 4.22. The van der Waals surface area contributed by atoms with Gasteiger partial charge in [0, 0.05) is 18.7 Å². The lowest BCUT2D eigenvalue weighted by molar-refractivity contribution is 0.0752. The van der Waals surface area contributed by atoms with E-state index in [1.807, 2.05) is 13.8 Å². The normalized spacial score (nSPS) is 10.4. The van der Waals surface area contributed by atoms with Gasteiger partial charge >= 0.3 is 0 Å². The Hall–Kier alpha value is -2.21. The molecule has 0 saturated heterocycles. The Morgan fingerprint density at radius 2 is 1.92 bits per heavy atom. The molecule has 0 saturated carbocycles. The average Bonchev–Trinajstić information content (AvgIpc) is 2.61. The molecule has 0 fully saturated rings. The fourth-order valence-corrected chi connectivity index (χ4v) is 3.00. The second-order valence-corrected chi connectivity index (χ2v) is 6.26. The lowest BCUT2D eigenvalue weighted by Gasteiger charge is -2.22. The standard InChI is InChI=1S/C19H22BrNO4/c1-4-21(12-13-6-8-16(22)18(10-13)25-5-2)19(23)14-7-9-17(24-3)15(20)11-14/h6-11,22H,4-5,12H2,1-3H3. The highest BCUT2D eigenvalue weighted by atomic mass is 79.9. The van der Waals surface area contributed by atoms with E-state index in [1.165, 1.54) is 0 Å². The Labute approximate surface area is 156 Å². The van der Waals surface area contributed by atoms with Crippen LogP contribution >= 0.6 is 15.9 Å². The van der Waals surface area contributed by atoms with Crippen molar-refractivity contribution in [3.63, 3.8) is 0 Å². The van der Waals surface area contributed by atoms with Gasteiger partial charge in [-0.25, -0.2) is 0 Å². The molecule has 0 atom stereocenters. The first kappa shape index (κ1) is 19.1. The summed E-state index contributed by atoms with van der Waals surface area (Å²) < 4.78 is 11.3. The van der Waals surface area contributed by atoms with Crippen LogP contribution in [0.1, 0.15) is 29.8 Å². The Kier molecular flexibility index (Phi) is 6.70. The highest BCUT2D eigenvalue weighted by molar-refractivity contribution is 9.10. The maximum atomic E-state index is 12.8. The largest absolute Gasteiger partial charge is 0.504 e. The molecule has 0 unspecified atom stereocenters. The van der Waals surface area contributed by atoms with Gasteiger partial charge in [0.15, 0.2) is 11.5 Å². The predicted molar refractivity (Wildman–Crippen MR) is 100 cm³/mol. The first-order valence-electron chi connectivity index (χ1n) is 8.07. The summed E-state index contributed by atoms with van der Waals surface area (Å²) in [6, 6.07) is 10.4. The van der Waals surface area contributed by atoms with E-state index >= 15 is 0 Å². The first-order valence-corrected chi connectivity index (χ1v) is 8.86. The van der Waals surface area contributed by atoms with E-state index in [0.717, 1.165) is 10.0 Å². The lowest BCUT2D eigenvalue weighted by Crippen LogP contribution is -2.30. The fraction of sp³-hybridized carbons (Fsp3) is 0.316. The third-order valence-electron chi connectivity index (χ3n) is 3.77. The summed E-state index contributed by atoms with van der Waals surface area (Å²) in [7, 11) is 1.58. The molecule has 134 valence electrons.